The number of carbonyl (C=O) groups is 2. The summed E-state index contributed by atoms with van der Waals surface area (Å²) in [5, 5.41) is 5.59. The predicted octanol–water partition coefficient (Wildman–Crippen LogP) is 4.05. The fourth-order valence-corrected chi connectivity index (χ4v) is 7.93. The Morgan fingerprint density at radius 1 is 1.09 bits per heavy atom. The smallest absolute Gasteiger partial charge is 0.416 e. The maximum absolute atomic E-state index is 13.2. The summed E-state index contributed by atoms with van der Waals surface area (Å²) < 4.78 is 54.6. The van der Waals surface area contributed by atoms with Crippen molar-refractivity contribution in [2.45, 2.75) is 37.9 Å². The standard InChI is InChI=1S/C31H33F3N6O3S2/c1-21-19-24(27(41)38-13-15-39(16-14-38)29-35-10-17-44-29)6-5-22(21)7-18-45(43)40-11-8-30(9-12-40)28(42)36-26(37-30)23-3-2-4-25(20-23)31(32,33)34/h2-6,10,17,19-20H,7-9,11-16,18H2,1H3,(H,36,37,42). The summed E-state index contributed by atoms with van der Waals surface area (Å²) in [4.78, 5) is 39.0. The zero-order valence-electron chi connectivity index (χ0n) is 24.7. The van der Waals surface area contributed by atoms with Gasteiger partial charge < -0.3 is 19.7 Å². The highest BCUT2D eigenvalue weighted by molar-refractivity contribution is 7.89. The number of piperazine rings is 1. The molecule has 0 aliphatic carbocycles. The zero-order chi connectivity index (χ0) is 31.8. The van der Waals surface area contributed by atoms with E-state index >= 15 is 0 Å². The first-order valence-electron chi connectivity index (χ1n) is 14.8. The van der Waals surface area contributed by atoms with Gasteiger partial charge in [-0.05, 0) is 55.2 Å². The van der Waals surface area contributed by atoms with E-state index in [4.69, 9.17) is 0 Å². The number of hydrogen-bond donors (Lipinski definition) is 1. The monoisotopic (exact) mass is 658 g/mol. The van der Waals surface area contributed by atoms with E-state index in [1.807, 2.05) is 39.7 Å². The van der Waals surface area contributed by atoms with Crippen LogP contribution in [0, 0.1) is 6.92 Å². The second-order valence-corrected chi connectivity index (χ2v) is 13.9. The lowest BCUT2D eigenvalue weighted by Gasteiger charge is -2.35. The van der Waals surface area contributed by atoms with Gasteiger partial charge in [-0.3, -0.25) is 14.6 Å². The Morgan fingerprint density at radius 3 is 2.51 bits per heavy atom. The summed E-state index contributed by atoms with van der Waals surface area (Å²) in [5.41, 5.74) is 0.959. The first kappa shape index (κ1) is 31.5. The maximum atomic E-state index is 13.2. The minimum absolute atomic E-state index is 0.00378. The Bertz CT molecular complexity index is 1580. The molecule has 1 N–H and O–H groups in total. The Hall–Kier alpha value is -3.46. The molecule has 2 fully saturated rings. The highest BCUT2D eigenvalue weighted by Gasteiger charge is 2.48. The molecule has 3 aliphatic heterocycles. The number of anilines is 1. The number of alkyl halides is 3. The Labute approximate surface area is 266 Å². The molecule has 1 unspecified atom stereocenters. The lowest BCUT2D eigenvalue weighted by atomic mass is 9.89. The number of nitrogens with one attached hydrogen (secondary N) is 1. The number of carbonyl (C=O) groups excluding carboxylic acids is 2. The van der Waals surface area contributed by atoms with Crippen molar-refractivity contribution in [3.63, 3.8) is 0 Å². The van der Waals surface area contributed by atoms with Crippen LogP contribution in [0.3, 0.4) is 0 Å². The van der Waals surface area contributed by atoms with Crippen LogP contribution in [-0.4, -0.2) is 87.0 Å². The van der Waals surface area contributed by atoms with Gasteiger partial charge in [0, 0.05) is 79.8 Å². The van der Waals surface area contributed by atoms with Crippen LogP contribution in [0.1, 0.15) is 45.5 Å². The number of aliphatic imine (C=N–C) groups is 1. The van der Waals surface area contributed by atoms with Crippen molar-refractivity contribution >= 4 is 45.5 Å². The van der Waals surface area contributed by atoms with Crippen molar-refractivity contribution in [2.24, 2.45) is 4.99 Å². The minimum atomic E-state index is -4.50. The molecule has 1 spiro atoms. The van der Waals surface area contributed by atoms with Crippen molar-refractivity contribution < 1.29 is 27.3 Å². The van der Waals surface area contributed by atoms with Gasteiger partial charge in [-0.25, -0.2) is 4.98 Å². The van der Waals surface area contributed by atoms with Gasteiger partial charge in [0.1, 0.15) is 17.1 Å². The van der Waals surface area contributed by atoms with Gasteiger partial charge in [0.15, 0.2) is 5.13 Å². The van der Waals surface area contributed by atoms with E-state index in [9.17, 15) is 27.3 Å². The number of benzene rings is 2. The lowest BCUT2D eigenvalue weighted by Crippen LogP contribution is -2.50. The molecule has 3 aliphatic rings. The minimum Gasteiger partial charge on any atom is -0.598 e. The number of aromatic nitrogens is 1. The van der Waals surface area contributed by atoms with Crippen LogP contribution in [0.15, 0.2) is 59.0 Å². The average Bonchev–Trinajstić information content (AvgIpc) is 3.69. The number of thiazole rings is 1. The van der Waals surface area contributed by atoms with Crippen LogP contribution in [0.25, 0.3) is 0 Å². The summed E-state index contributed by atoms with van der Waals surface area (Å²) >= 11 is 0.305. The molecule has 45 heavy (non-hydrogen) atoms. The Morgan fingerprint density at radius 2 is 1.84 bits per heavy atom. The van der Waals surface area contributed by atoms with E-state index in [0.717, 1.165) is 41.5 Å². The molecule has 0 bridgehead atoms. The second kappa shape index (κ2) is 12.7. The summed E-state index contributed by atoms with van der Waals surface area (Å²) in [5.74, 6) is 0.192. The normalized spacial score (nSPS) is 19.5. The molecule has 0 saturated carbocycles. The molecule has 14 heteroatoms. The molecule has 9 nitrogen and oxygen atoms in total. The molecule has 1 aromatic heterocycles. The molecule has 1 atom stereocenters. The van der Waals surface area contributed by atoms with Crippen molar-refractivity contribution in [3.05, 3.63) is 81.9 Å². The molecule has 2 amide bonds. The predicted molar refractivity (Wildman–Crippen MR) is 168 cm³/mol. The van der Waals surface area contributed by atoms with E-state index in [1.165, 1.54) is 12.1 Å². The van der Waals surface area contributed by atoms with Gasteiger partial charge >= 0.3 is 6.18 Å². The Balaban J connectivity index is 1.01. The first-order chi connectivity index (χ1) is 21.5. The fourth-order valence-electron chi connectivity index (χ4n) is 5.99. The van der Waals surface area contributed by atoms with Crippen LogP contribution in [-0.2, 0) is 28.8 Å². The van der Waals surface area contributed by atoms with E-state index in [2.05, 4.69) is 20.2 Å². The average molecular weight is 659 g/mol. The zero-order valence-corrected chi connectivity index (χ0v) is 26.3. The highest BCUT2D eigenvalue weighted by Crippen LogP contribution is 2.34. The Kier molecular flexibility index (Phi) is 8.92. The summed E-state index contributed by atoms with van der Waals surface area (Å²) in [6.07, 6.45) is -1.50. The molecule has 0 radical (unpaired) electrons. The van der Waals surface area contributed by atoms with E-state index in [0.29, 0.717) is 56.8 Å². The molecule has 2 saturated heterocycles. The third-order valence-electron chi connectivity index (χ3n) is 8.67. The van der Waals surface area contributed by atoms with E-state index < -0.39 is 28.6 Å². The highest BCUT2D eigenvalue weighted by atomic mass is 32.2. The van der Waals surface area contributed by atoms with Crippen LogP contribution < -0.4 is 10.2 Å². The molecule has 3 aromatic rings. The van der Waals surface area contributed by atoms with Crippen LogP contribution in [0.5, 0.6) is 0 Å². The van der Waals surface area contributed by atoms with Crippen molar-refractivity contribution in [3.8, 4) is 0 Å². The van der Waals surface area contributed by atoms with Gasteiger partial charge in [0.25, 0.3) is 11.8 Å². The maximum Gasteiger partial charge on any atom is 0.416 e. The number of amides is 2. The fraction of sp³-hybridized carbons (Fsp3) is 0.419. The largest absolute Gasteiger partial charge is 0.598 e. The van der Waals surface area contributed by atoms with Crippen LogP contribution in [0.4, 0.5) is 18.3 Å². The molecule has 238 valence electrons. The number of hydrogen-bond acceptors (Lipinski definition) is 8. The molecule has 6 rings (SSSR count). The van der Waals surface area contributed by atoms with Crippen molar-refractivity contribution in [1.29, 1.82) is 0 Å². The van der Waals surface area contributed by atoms with E-state index in [1.54, 1.807) is 17.5 Å². The number of halogens is 3. The van der Waals surface area contributed by atoms with Gasteiger partial charge in [0.05, 0.1) is 5.56 Å². The lowest BCUT2D eigenvalue weighted by molar-refractivity contribution is -0.137. The van der Waals surface area contributed by atoms with Crippen molar-refractivity contribution in [2.75, 3.05) is 49.9 Å². The van der Waals surface area contributed by atoms with Gasteiger partial charge in [-0.15, -0.1) is 15.6 Å². The number of nitrogens with zero attached hydrogens (tertiary/aromatic N) is 5. The number of piperidine rings is 1. The molecule has 4 heterocycles. The third kappa shape index (κ3) is 6.74. The van der Waals surface area contributed by atoms with Crippen LogP contribution in [0.2, 0.25) is 0 Å². The third-order valence-corrected chi connectivity index (χ3v) is 11.0. The molecule has 2 aromatic carbocycles. The SMILES string of the molecule is Cc1cc(C(=O)N2CCN(c3nccs3)CC2)ccc1CC[S+]([O-])N1CCC2(CC1)N=C(c1cccc(C(F)(F)F)c1)NC2=O. The number of aryl methyl sites for hydroxylation is 2. The molecular weight excluding hydrogens is 626 g/mol. The topological polar surface area (TPSA) is 104 Å². The second-order valence-electron chi connectivity index (χ2n) is 11.5. The van der Waals surface area contributed by atoms with Crippen LogP contribution >= 0.6 is 11.3 Å². The number of rotatable bonds is 7. The summed E-state index contributed by atoms with van der Waals surface area (Å²) in [7, 11) is 0. The van der Waals surface area contributed by atoms with Crippen molar-refractivity contribution in [1.82, 2.24) is 19.5 Å². The quantitative estimate of drug-likeness (QED) is 0.385. The van der Waals surface area contributed by atoms with Gasteiger partial charge in [-0.2, -0.15) is 13.2 Å². The summed E-state index contributed by atoms with van der Waals surface area (Å²) in [6.45, 7) is 5.47. The van der Waals surface area contributed by atoms with Gasteiger partial charge in [0.2, 0.25) is 0 Å². The van der Waals surface area contributed by atoms with E-state index in [-0.39, 0.29) is 23.2 Å². The molecular formula is C31H33F3N6O3S2. The summed E-state index contributed by atoms with van der Waals surface area (Å²) in [6, 6.07) is 10.4. The number of amidine groups is 1. The van der Waals surface area contributed by atoms with Gasteiger partial charge in [-0.1, -0.05) is 18.2 Å². The first-order valence-corrected chi connectivity index (χ1v) is 16.9.